The third-order valence-corrected chi connectivity index (χ3v) is 3.17. The Morgan fingerprint density at radius 3 is 2.67 bits per heavy atom. The maximum absolute atomic E-state index is 9.24. The molecule has 2 nitrogen and oxygen atoms in total. The predicted molar refractivity (Wildman–Crippen MR) is 75.4 cm³/mol. The van der Waals surface area contributed by atoms with Gasteiger partial charge < -0.3 is 4.57 Å². The molecular formula is C14H10Cl2N2. The summed E-state index contributed by atoms with van der Waals surface area (Å²) < 4.78 is 1.93. The molecule has 0 radical (unpaired) electrons. The summed E-state index contributed by atoms with van der Waals surface area (Å²) in [5.41, 5.74) is 2.14. The van der Waals surface area contributed by atoms with E-state index in [1.165, 1.54) is 0 Å². The highest BCUT2D eigenvalue weighted by Gasteiger charge is 2.07. The van der Waals surface area contributed by atoms with E-state index in [0.717, 1.165) is 5.69 Å². The van der Waals surface area contributed by atoms with Crippen molar-refractivity contribution in [3.63, 3.8) is 0 Å². The van der Waals surface area contributed by atoms with Crippen LogP contribution in [0.4, 0.5) is 0 Å². The molecule has 0 spiro atoms. The number of rotatable bonds is 2. The first-order valence-corrected chi connectivity index (χ1v) is 6.06. The van der Waals surface area contributed by atoms with Crippen LogP contribution in [0, 0.1) is 11.3 Å². The summed E-state index contributed by atoms with van der Waals surface area (Å²) in [6, 6.07) is 11.1. The summed E-state index contributed by atoms with van der Waals surface area (Å²) in [6.45, 7) is 0. The summed E-state index contributed by atoms with van der Waals surface area (Å²) in [5.74, 6) is 0. The van der Waals surface area contributed by atoms with Crippen LogP contribution in [-0.2, 0) is 7.05 Å². The fourth-order valence-corrected chi connectivity index (χ4v) is 2.16. The number of hydrogen-bond acceptors (Lipinski definition) is 1. The zero-order valence-electron chi connectivity index (χ0n) is 9.69. The molecule has 0 N–H and O–H groups in total. The monoisotopic (exact) mass is 276 g/mol. The lowest BCUT2D eigenvalue weighted by Crippen LogP contribution is -1.90. The SMILES string of the molecule is Cn1cccc1C=C(C#N)c1ccc(Cl)cc1Cl. The van der Waals surface area contributed by atoms with Crippen LogP contribution in [0.3, 0.4) is 0 Å². The van der Waals surface area contributed by atoms with Crippen molar-refractivity contribution in [2.45, 2.75) is 0 Å². The topological polar surface area (TPSA) is 28.7 Å². The van der Waals surface area contributed by atoms with E-state index in [9.17, 15) is 5.26 Å². The molecule has 0 atom stereocenters. The van der Waals surface area contributed by atoms with E-state index in [-0.39, 0.29) is 0 Å². The number of aryl methyl sites for hydroxylation is 1. The molecule has 4 heteroatoms. The number of halogens is 2. The van der Waals surface area contributed by atoms with Gasteiger partial charge in [-0.05, 0) is 30.3 Å². The van der Waals surface area contributed by atoms with E-state index in [0.29, 0.717) is 21.2 Å². The predicted octanol–water partition coefficient (Wildman–Crippen LogP) is 4.40. The van der Waals surface area contributed by atoms with E-state index >= 15 is 0 Å². The fraction of sp³-hybridized carbons (Fsp3) is 0.0714. The van der Waals surface area contributed by atoms with Gasteiger partial charge >= 0.3 is 0 Å². The van der Waals surface area contributed by atoms with Crippen LogP contribution in [0.15, 0.2) is 36.5 Å². The second kappa shape index (κ2) is 5.30. The summed E-state index contributed by atoms with van der Waals surface area (Å²) in [7, 11) is 1.92. The number of aromatic nitrogens is 1. The van der Waals surface area contributed by atoms with Crippen LogP contribution in [0.25, 0.3) is 11.6 Å². The van der Waals surface area contributed by atoms with Gasteiger partial charge in [0.15, 0.2) is 0 Å². The molecule has 0 aliphatic rings. The van der Waals surface area contributed by atoms with Gasteiger partial charge in [0.2, 0.25) is 0 Å². The highest BCUT2D eigenvalue weighted by molar-refractivity contribution is 6.36. The van der Waals surface area contributed by atoms with Crippen LogP contribution in [0.5, 0.6) is 0 Å². The lowest BCUT2D eigenvalue weighted by molar-refractivity contribution is 0.915. The number of allylic oxidation sites excluding steroid dienone is 1. The van der Waals surface area contributed by atoms with E-state index in [4.69, 9.17) is 23.2 Å². The van der Waals surface area contributed by atoms with Crippen molar-refractivity contribution in [1.82, 2.24) is 4.57 Å². The highest BCUT2D eigenvalue weighted by Crippen LogP contribution is 2.28. The molecule has 18 heavy (non-hydrogen) atoms. The number of nitriles is 1. The molecule has 0 bridgehead atoms. The summed E-state index contributed by atoms with van der Waals surface area (Å²) in [6.07, 6.45) is 3.72. The highest BCUT2D eigenvalue weighted by atomic mass is 35.5. The zero-order chi connectivity index (χ0) is 13.1. The minimum atomic E-state index is 0.476. The van der Waals surface area contributed by atoms with Gasteiger partial charge in [0.25, 0.3) is 0 Å². The van der Waals surface area contributed by atoms with Gasteiger partial charge in [-0.3, -0.25) is 0 Å². The molecule has 0 saturated heterocycles. The molecule has 0 saturated carbocycles. The first-order chi connectivity index (χ1) is 8.61. The Hall–Kier alpha value is -1.69. The van der Waals surface area contributed by atoms with Gasteiger partial charge in [-0.25, -0.2) is 0 Å². The summed E-state index contributed by atoms with van der Waals surface area (Å²) in [4.78, 5) is 0. The second-order valence-corrected chi connectivity index (χ2v) is 4.68. The normalized spacial score (nSPS) is 11.3. The molecule has 0 unspecified atom stereocenters. The maximum atomic E-state index is 9.24. The first kappa shape index (κ1) is 12.8. The van der Waals surface area contributed by atoms with Gasteiger partial charge in [-0.15, -0.1) is 0 Å². The number of hydrogen-bond donors (Lipinski definition) is 0. The molecule has 90 valence electrons. The Kier molecular flexibility index (Phi) is 3.76. The van der Waals surface area contributed by atoms with E-state index in [2.05, 4.69) is 6.07 Å². The number of nitrogens with zero attached hydrogens (tertiary/aromatic N) is 2. The third kappa shape index (κ3) is 2.59. The molecule has 2 aromatic rings. The summed E-state index contributed by atoms with van der Waals surface area (Å²) >= 11 is 11.9. The van der Waals surface area contributed by atoms with Gasteiger partial charge in [0, 0.05) is 29.5 Å². The molecule has 0 aliphatic heterocycles. The molecule has 1 aromatic heterocycles. The fourth-order valence-electron chi connectivity index (χ4n) is 1.65. The van der Waals surface area contributed by atoms with Crippen molar-refractivity contribution >= 4 is 34.9 Å². The molecule has 1 heterocycles. The summed E-state index contributed by atoms with van der Waals surface area (Å²) in [5, 5.41) is 10.3. The lowest BCUT2D eigenvalue weighted by Gasteiger charge is -2.04. The van der Waals surface area contributed by atoms with Gasteiger partial charge in [-0.1, -0.05) is 29.3 Å². The van der Waals surface area contributed by atoms with Crippen molar-refractivity contribution in [3.05, 3.63) is 57.8 Å². The van der Waals surface area contributed by atoms with Crippen molar-refractivity contribution in [2.75, 3.05) is 0 Å². The van der Waals surface area contributed by atoms with Gasteiger partial charge in [0.1, 0.15) is 0 Å². The minimum absolute atomic E-state index is 0.476. The minimum Gasteiger partial charge on any atom is -0.351 e. The van der Waals surface area contributed by atoms with Crippen molar-refractivity contribution in [1.29, 1.82) is 5.26 Å². The van der Waals surface area contributed by atoms with Crippen LogP contribution < -0.4 is 0 Å². The van der Waals surface area contributed by atoms with Crippen LogP contribution in [-0.4, -0.2) is 4.57 Å². The van der Waals surface area contributed by atoms with Crippen molar-refractivity contribution in [3.8, 4) is 6.07 Å². The number of benzene rings is 1. The average Bonchev–Trinajstić information content (AvgIpc) is 2.73. The standard InChI is InChI=1S/C14H10Cl2N2/c1-18-6-2-3-12(18)7-10(9-17)13-5-4-11(15)8-14(13)16/h2-8H,1H3. The zero-order valence-corrected chi connectivity index (χ0v) is 11.2. The maximum Gasteiger partial charge on any atom is 0.0999 e. The van der Waals surface area contributed by atoms with Crippen molar-refractivity contribution in [2.24, 2.45) is 7.05 Å². The van der Waals surface area contributed by atoms with Gasteiger partial charge in [-0.2, -0.15) is 5.26 Å². The molecule has 1 aromatic carbocycles. The Morgan fingerprint density at radius 2 is 2.11 bits per heavy atom. The largest absolute Gasteiger partial charge is 0.351 e. The molecule has 2 rings (SSSR count). The van der Waals surface area contributed by atoms with E-state index in [1.54, 1.807) is 24.3 Å². The second-order valence-electron chi connectivity index (χ2n) is 3.84. The van der Waals surface area contributed by atoms with Crippen LogP contribution >= 0.6 is 23.2 Å². The Bertz CT molecular complexity index is 648. The van der Waals surface area contributed by atoms with Crippen LogP contribution in [0.2, 0.25) is 10.0 Å². The van der Waals surface area contributed by atoms with Crippen LogP contribution in [0.1, 0.15) is 11.3 Å². The Balaban J connectivity index is 2.50. The third-order valence-electron chi connectivity index (χ3n) is 2.62. The smallest absolute Gasteiger partial charge is 0.0999 e. The van der Waals surface area contributed by atoms with Crippen molar-refractivity contribution < 1.29 is 0 Å². The Labute approximate surface area is 116 Å². The Morgan fingerprint density at radius 1 is 1.33 bits per heavy atom. The first-order valence-electron chi connectivity index (χ1n) is 5.30. The average molecular weight is 277 g/mol. The van der Waals surface area contributed by atoms with E-state index in [1.807, 2.05) is 29.9 Å². The molecule has 0 aliphatic carbocycles. The van der Waals surface area contributed by atoms with E-state index < -0.39 is 0 Å². The molecular weight excluding hydrogens is 267 g/mol. The molecule has 0 amide bonds. The van der Waals surface area contributed by atoms with Gasteiger partial charge in [0.05, 0.1) is 16.7 Å². The molecule has 0 fully saturated rings. The lowest BCUT2D eigenvalue weighted by atomic mass is 10.1. The quantitative estimate of drug-likeness (QED) is 0.748.